The summed E-state index contributed by atoms with van der Waals surface area (Å²) in [6, 6.07) is 7.33. The molecule has 1 heterocycles. The van der Waals surface area contributed by atoms with Crippen LogP contribution in [-0.4, -0.2) is 28.6 Å². The van der Waals surface area contributed by atoms with Crippen molar-refractivity contribution in [3.8, 4) is 0 Å². The normalized spacial score (nSPS) is 22.7. The van der Waals surface area contributed by atoms with E-state index in [4.69, 9.17) is 11.6 Å². The molecule has 104 valence electrons. The van der Waals surface area contributed by atoms with Gasteiger partial charge in [0, 0.05) is 11.1 Å². The van der Waals surface area contributed by atoms with Gasteiger partial charge in [-0.1, -0.05) is 42.6 Å². The average molecular weight is 282 g/mol. The summed E-state index contributed by atoms with van der Waals surface area (Å²) in [4.78, 5) is 13.5. The molecule has 0 bridgehead atoms. The molecule has 0 saturated carbocycles. The highest BCUT2D eigenvalue weighted by Gasteiger charge is 2.31. The van der Waals surface area contributed by atoms with E-state index in [-0.39, 0.29) is 6.04 Å². The Balaban J connectivity index is 2.26. The molecule has 0 spiro atoms. The lowest BCUT2D eigenvalue weighted by molar-refractivity contribution is -0.144. The molecular weight excluding hydrogens is 262 g/mol. The second kappa shape index (κ2) is 6.40. The smallest absolute Gasteiger partial charge is 0.320 e. The SMILES string of the molecule is CC(c1ccccc1Cl)N1CCCCCC1C(=O)O. The van der Waals surface area contributed by atoms with Crippen molar-refractivity contribution >= 4 is 17.6 Å². The highest BCUT2D eigenvalue weighted by Crippen LogP contribution is 2.31. The van der Waals surface area contributed by atoms with Gasteiger partial charge < -0.3 is 5.11 Å². The molecule has 0 radical (unpaired) electrons. The van der Waals surface area contributed by atoms with E-state index >= 15 is 0 Å². The molecule has 2 atom stereocenters. The van der Waals surface area contributed by atoms with Crippen molar-refractivity contribution in [2.45, 2.75) is 44.7 Å². The van der Waals surface area contributed by atoms with Crippen LogP contribution in [-0.2, 0) is 4.79 Å². The van der Waals surface area contributed by atoms with Crippen LogP contribution < -0.4 is 0 Å². The first-order valence-electron chi connectivity index (χ1n) is 6.84. The summed E-state index contributed by atoms with van der Waals surface area (Å²) in [5.41, 5.74) is 1.01. The summed E-state index contributed by atoms with van der Waals surface area (Å²) < 4.78 is 0. The molecule has 1 aromatic rings. The lowest BCUT2D eigenvalue weighted by atomic mass is 10.0. The first-order chi connectivity index (χ1) is 9.11. The summed E-state index contributed by atoms with van der Waals surface area (Å²) in [6.07, 6.45) is 3.88. The molecule has 1 fully saturated rings. The molecule has 2 unspecified atom stereocenters. The van der Waals surface area contributed by atoms with Crippen LogP contribution in [0.4, 0.5) is 0 Å². The van der Waals surface area contributed by atoms with E-state index in [0.29, 0.717) is 5.02 Å². The Labute approximate surface area is 119 Å². The van der Waals surface area contributed by atoms with Gasteiger partial charge in [0.25, 0.3) is 0 Å². The number of carboxylic acid groups (broad SMARTS) is 1. The maximum Gasteiger partial charge on any atom is 0.320 e. The zero-order valence-electron chi connectivity index (χ0n) is 11.2. The Morgan fingerprint density at radius 2 is 2.11 bits per heavy atom. The topological polar surface area (TPSA) is 40.5 Å². The Morgan fingerprint density at radius 1 is 1.37 bits per heavy atom. The van der Waals surface area contributed by atoms with Crippen molar-refractivity contribution in [2.75, 3.05) is 6.54 Å². The van der Waals surface area contributed by atoms with Crippen LogP contribution >= 0.6 is 11.6 Å². The van der Waals surface area contributed by atoms with Crippen molar-refractivity contribution in [2.24, 2.45) is 0 Å². The van der Waals surface area contributed by atoms with Gasteiger partial charge in [0.1, 0.15) is 6.04 Å². The fourth-order valence-electron chi connectivity index (χ4n) is 2.85. The van der Waals surface area contributed by atoms with E-state index in [1.807, 2.05) is 31.2 Å². The minimum atomic E-state index is -0.721. The van der Waals surface area contributed by atoms with Gasteiger partial charge in [-0.15, -0.1) is 0 Å². The molecular formula is C15H20ClNO2. The van der Waals surface area contributed by atoms with Crippen LogP contribution in [0.25, 0.3) is 0 Å². The van der Waals surface area contributed by atoms with Crippen LogP contribution in [0.5, 0.6) is 0 Å². The second-order valence-electron chi connectivity index (χ2n) is 5.14. The zero-order valence-corrected chi connectivity index (χ0v) is 11.9. The van der Waals surface area contributed by atoms with Gasteiger partial charge in [-0.25, -0.2) is 0 Å². The Morgan fingerprint density at radius 3 is 2.79 bits per heavy atom. The molecule has 0 aliphatic carbocycles. The Bertz CT molecular complexity index is 450. The van der Waals surface area contributed by atoms with Gasteiger partial charge in [0.05, 0.1) is 0 Å². The molecule has 1 N–H and O–H groups in total. The van der Waals surface area contributed by atoms with E-state index in [1.54, 1.807) is 0 Å². The standard InChI is InChI=1S/C15H20ClNO2/c1-11(12-7-4-5-8-13(12)16)17-10-6-2-3-9-14(17)15(18)19/h4-5,7-8,11,14H,2-3,6,9-10H2,1H3,(H,18,19). The van der Waals surface area contributed by atoms with Gasteiger partial charge in [-0.3, -0.25) is 9.69 Å². The molecule has 19 heavy (non-hydrogen) atoms. The predicted molar refractivity (Wildman–Crippen MR) is 76.5 cm³/mol. The number of rotatable bonds is 3. The first kappa shape index (κ1) is 14.4. The number of likely N-dealkylation sites (tertiary alicyclic amines) is 1. The third-order valence-electron chi connectivity index (χ3n) is 3.93. The van der Waals surface area contributed by atoms with Crippen molar-refractivity contribution in [1.29, 1.82) is 0 Å². The number of carbonyl (C=O) groups is 1. The molecule has 1 aliphatic heterocycles. The molecule has 4 heteroatoms. The van der Waals surface area contributed by atoms with Crippen molar-refractivity contribution in [3.63, 3.8) is 0 Å². The molecule has 1 aliphatic rings. The van der Waals surface area contributed by atoms with E-state index < -0.39 is 12.0 Å². The quantitative estimate of drug-likeness (QED) is 0.918. The number of hydrogen-bond donors (Lipinski definition) is 1. The number of benzene rings is 1. The fourth-order valence-corrected chi connectivity index (χ4v) is 3.15. The molecule has 0 amide bonds. The van der Waals surface area contributed by atoms with Gasteiger partial charge in [0.2, 0.25) is 0 Å². The van der Waals surface area contributed by atoms with E-state index in [0.717, 1.165) is 37.8 Å². The van der Waals surface area contributed by atoms with Gasteiger partial charge in [-0.05, 0) is 37.9 Å². The lowest BCUT2D eigenvalue weighted by Gasteiger charge is -2.33. The minimum absolute atomic E-state index is 0.0351. The maximum absolute atomic E-state index is 11.5. The average Bonchev–Trinajstić information content (AvgIpc) is 2.64. The Hall–Kier alpha value is -1.06. The van der Waals surface area contributed by atoms with Crippen LogP contribution in [0.15, 0.2) is 24.3 Å². The largest absolute Gasteiger partial charge is 0.480 e. The molecule has 0 aromatic heterocycles. The predicted octanol–water partition coefficient (Wildman–Crippen LogP) is 3.73. The van der Waals surface area contributed by atoms with Gasteiger partial charge >= 0.3 is 5.97 Å². The number of hydrogen-bond acceptors (Lipinski definition) is 2. The van der Waals surface area contributed by atoms with E-state index in [2.05, 4.69) is 4.90 Å². The van der Waals surface area contributed by atoms with Crippen molar-refractivity contribution in [1.82, 2.24) is 4.90 Å². The fraction of sp³-hybridized carbons (Fsp3) is 0.533. The first-order valence-corrected chi connectivity index (χ1v) is 7.22. The summed E-state index contributed by atoms with van der Waals surface area (Å²) in [6.45, 7) is 2.87. The second-order valence-corrected chi connectivity index (χ2v) is 5.55. The monoisotopic (exact) mass is 281 g/mol. The minimum Gasteiger partial charge on any atom is -0.480 e. The third kappa shape index (κ3) is 3.28. The number of carboxylic acids is 1. The maximum atomic E-state index is 11.5. The third-order valence-corrected chi connectivity index (χ3v) is 4.28. The molecule has 3 nitrogen and oxygen atoms in total. The van der Waals surface area contributed by atoms with Crippen LogP contribution in [0.3, 0.4) is 0 Å². The zero-order chi connectivity index (χ0) is 13.8. The Kier molecular flexibility index (Phi) is 4.83. The lowest BCUT2D eigenvalue weighted by Crippen LogP contribution is -2.42. The van der Waals surface area contributed by atoms with Crippen molar-refractivity contribution in [3.05, 3.63) is 34.9 Å². The van der Waals surface area contributed by atoms with Crippen LogP contribution in [0, 0.1) is 0 Å². The van der Waals surface area contributed by atoms with Crippen LogP contribution in [0.1, 0.15) is 44.2 Å². The van der Waals surface area contributed by atoms with Gasteiger partial charge in [-0.2, -0.15) is 0 Å². The highest BCUT2D eigenvalue weighted by atomic mass is 35.5. The molecule has 2 rings (SSSR count). The molecule has 1 aromatic carbocycles. The number of aliphatic carboxylic acids is 1. The highest BCUT2D eigenvalue weighted by molar-refractivity contribution is 6.31. The summed E-state index contributed by atoms with van der Waals surface area (Å²) in [5.74, 6) is -0.721. The number of nitrogens with zero attached hydrogens (tertiary/aromatic N) is 1. The summed E-state index contributed by atoms with van der Waals surface area (Å²) in [5, 5.41) is 10.1. The summed E-state index contributed by atoms with van der Waals surface area (Å²) in [7, 11) is 0. The van der Waals surface area contributed by atoms with E-state index in [9.17, 15) is 9.90 Å². The van der Waals surface area contributed by atoms with Crippen molar-refractivity contribution < 1.29 is 9.90 Å². The molecule has 1 saturated heterocycles. The van der Waals surface area contributed by atoms with Crippen LogP contribution in [0.2, 0.25) is 5.02 Å². The number of halogens is 1. The summed E-state index contributed by atoms with van der Waals surface area (Å²) >= 11 is 6.23. The van der Waals surface area contributed by atoms with E-state index in [1.165, 1.54) is 0 Å². The van der Waals surface area contributed by atoms with Gasteiger partial charge in [0.15, 0.2) is 0 Å².